The van der Waals surface area contributed by atoms with Gasteiger partial charge in [0.2, 0.25) is 0 Å². The van der Waals surface area contributed by atoms with Crippen molar-refractivity contribution in [1.29, 1.82) is 0 Å². The minimum absolute atomic E-state index is 0.205. The fourth-order valence-electron chi connectivity index (χ4n) is 2.15. The summed E-state index contributed by atoms with van der Waals surface area (Å²) in [6, 6.07) is 3.66. The van der Waals surface area contributed by atoms with Crippen LogP contribution >= 0.6 is 0 Å². The van der Waals surface area contributed by atoms with Crippen LogP contribution < -0.4 is 9.47 Å². The molecular formula is C17H25NO5S. The smallest absolute Gasteiger partial charge is 0.190 e. The maximum Gasteiger partial charge on any atom is 0.190 e. The van der Waals surface area contributed by atoms with Crippen LogP contribution in [-0.4, -0.2) is 39.5 Å². The topological polar surface area (TPSA) is 74.2 Å². The molecule has 0 bridgehead atoms. The quantitative estimate of drug-likeness (QED) is 0.387. The normalized spacial score (nSPS) is 12.5. The molecule has 24 heavy (non-hydrogen) atoms. The number of nitrogens with zero attached hydrogens (tertiary/aromatic N) is 1. The zero-order chi connectivity index (χ0) is 18.2. The Morgan fingerprint density at radius 3 is 2.38 bits per heavy atom. The molecule has 6 nitrogen and oxygen atoms in total. The maximum absolute atomic E-state index is 12.1. The lowest BCUT2D eigenvalue weighted by Crippen LogP contribution is -2.21. The largest absolute Gasteiger partial charge is 0.490 e. The summed E-state index contributed by atoms with van der Waals surface area (Å²) in [5.41, 5.74) is 2.02. The first-order valence-electron chi connectivity index (χ1n) is 7.54. The van der Waals surface area contributed by atoms with E-state index < -0.39 is 15.8 Å². The van der Waals surface area contributed by atoms with Gasteiger partial charge in [-0.05, 0) is 51.0 Å². The first kappa shape index (κ1) is 20.0. The van der Waals surface area contributed by atoms with Gasteiger partial charge in [0.1, 0.15) is 25.2 Å². The van der Waals surface area contributed by atoms with Gasteiger partial charge in [0.15, 0.2) is 15.8 Å². The van der Waals surface area contributed by atoms with Crippen LogP contribution in [0.3, 0.4) is 0 Å². The van der Waals surface area contributed by atoms with Crippen LogP contribution in [0, 0.1) is 13.8 Å². The highest BCUT2D eigenvalue weighted by Crippen LogP contribution is 2.28. The Labute approximate surface area is 144 Å². The molecular weight excluding hydrogens is 330 g/mol. The molecule has 1 rings (SSSR count). The predicted molar refractivity (Wildman–Crippen MR) is 95.6 cm³/mol. The number of ether oxygens (including phenoxy) is 2. The predicted octanol–water partition coefficient (Wildman–Crippen LogP) is 3.03. The van der Waals surface area contributed by atoms with Gasteiger partial charge in [-0.3, -0.25) is 0 Å². The van der Waals surface area contributed by atoms with Crippen LogP contribution in [0.2, 0.25) is 0 Å². The summed E-state index contributed by atoms with van der Waals surface area (Å²) in [4.78, 5) is 4.57. The molecule has 0 unspecified atom stereocenters. The summed E-state index contributed by atoms with van der Waals surface area (Å²) in [5, 5.41) is 3.61. The third kappa shape index (κ3) is 6.62. The number of hydrogen-bond acceptors (Lipinski definition) is 6. The van der Waals surface area contributed by atoms with Gasteiger partial charge in [-0.15, -0.1) is 0 Å². The molecule has 1 aromatic carbocycles. The van der Waals surface area contributed by atoms with Crippen molar-refractivity contribution in [3.63, 3.8) is 0 Å². The highest BCUT2D eigenvalue weighted by molar-refractivity contribution is 7.91. The lowest BCUT2D eigenvalue weighted by atomic mass is 10.1. The summed E-state index contributed by atoms with van der Waals surface area (Å²) in [6.45, 7) is 7.72. The zero-order valence-electron chi connectivity index (χ0n) is 14.8. The first-order chi connectivity index (χ1) is 11.3. The van der Waals surface area contributed by atoms with Crippen LogP contribution in [0.15, 0.2) is 29.4 Å². The van der Waals surface area contributed by atoms with Crippen molar-refractivity contribution in [2.75, 3.05) is 25.4 Å². The number of sulfone groups is 1. The number of allylic oxidation sites excluding steroid dienone is 1. The van der Waals surface area contributed by atoms with Gasteiger partial charge in [-0.25, -0.2) is 8.42 Å². The minimum atomic E-state index is -3.44. The molecule has 0 N–H and O–H groups in total. The van der Waals surface area contributed by atoms with E-state index in [0.717, 1.165) is 16.9 Å². The Morgan fingerprint density at radius 1 is 1.21 bits per heavy atom. The van der Waals surface area contributed by atoms with Gasteiger partial charge < -0.3 is 14.3 Å². The molecule has 0 fully saturated rings. The van der Waals surface area contributed by atoms with Crippen molar-refractivity contribution in [2.24, 2.45) is 5.16 Å². The Balaban J connectivity index is 2.79. The van der Waals surface area contributed by atoms with Crippen LogP contribution in [0.25, 0.3) is 0 Å². The van der Waals surface area contributed by atoms with Gasteiger partial charge >= 0.3 is 0 Å². The SMILES string of the molecule is C/C=C/COc1cc(C)c(OCS(=O)(=O)C/C(C)=N\OC)c(C)c1. The molecule has 0 aliphatic carbocycles. The first-order valence-corrected chi connectivity index (χ1v) is 9.36. The van der Waals surface area contributed by atoms with Crippen molar-refractivity contribution in [3.8, 4) is 11.5 Å². The Kier molecular flexibility index (Phi) is 7.78. The monoisotopic (exact) mass is 355 g/mol. The molecule has 0 amide bonds. The average molecular weight is 355 g/mol. The molecule has 1 aromatic rings. The van der Waals surface area contributed by atoms with E-state index in [0.29, 0.717) is 18.1 Å². The molecule has 7 heteroatoms. The number of hydrogen-bond donors (Lipinski definition) is 0. The van der Waals surface area contributed by atoms with Crippen molar-refractivity contribution in [3.05, 3.63) is 35.4 Å². The zero-order valence-corrected chi connectivity index (χ0v) is 15.6. The number of benzene rings is 1. The summed E-state index contributed by atoms with van der Waals surface area (Å²) in [7, 11) is -2.06. The molecule has 0 radical (unpaired) electrons. The van der Waals surface area contributed by atoms with E-state index in [-0.39, 0.29) is 5.75 Å². The van der Waals surface area contributed by atoms with Crippen LogP contribution in [0.1, 0.15) is 25.0 Å². The minimum Gasteiger partial charge on any atom is -0.490 e. The lowest BCUT2D eigenvalue weighted by molar-refractivity contribution is 0.213. The number of oxime groups is 1. The van der Waals surface area contributed by atoms with E-state index in [1.165, 1.54) is 7.11 Å². The highest BCUT2D eigenvalue weighted by Gasteiger charge is 2.16. The van der Waals surface area contributed by atoms with E-state index in [1.54, 1.807) is 6.92 Å². The van der Waals surface area contributed by atoms with Gasteiger partial charge in [-0.1, -0.05) is 17.3 Å². The standard InChI is InChI=1S/C17H25NO5S/c1-6-7-8-22-16-9-13(2)17(14(3)10-16)23-12-24(19,20)11-15(4)18-21-5/h6-7,9-10H,8,11-12H2,1-5H3/b7-6+,18-15-. The van der Waals surface area contributed by atoms with Gasteiger partial charge in [0, 0.05) is 0 Å². The van der Waals surface area contributed by atoms with Crippen molar-refractivity contribution < 1.29 is 22.7 Å². The van der Waals surface area contributed by atoms with Gasteiger partial charge in [0.25, 0.3) is 0 Å². The Morgan fingerprint density at radius 2 is 1.83 bits per heavy atom. The van der Waals surface area contributed by atoms with Gasteiger partial charge in [0.05, 0.1) is 11.5 Å². The lowest BCUT2D eigenvalue weighted by Gasteiger charge is -2.14. The van der Waals surface area contributed by atoms with E-state index in [9.17, 15) is 8.42 Å². The van der Waals surface area contributed by atoms with Crippen molar-refractivity contribution in [1.82, 2.24) is 0 Å². The van der Waals surface area contributed by atoms with E-state index in [2.05, 4.69) is 9.99 Å². The molecule has 0 saturated heterocycles. The summed E-state index contributed by atoms with van der Waals surface area (Å²) in [6.07, 6.45) is 3.82. The van der Waals surface area contributed by atoms with Crippen LogP contribution in [0.4, 0.5) is 0 Å². The molecule has 0 aliphatic heterocycles. The summed E-state index contributed by atoms with van der Waals surface area (Å²) < 4.78 is 35.3. The molecule has 0 aliphatic rings. The van der Waals surface area contributed by atoms with E-state index in [1.807, 2.05) is 45.1 Å². The average Bonchev–Trinajstić information content (AvgIpc) is 2.46. The molecule has 0 atom stereocenters. The fraction of sp³-hybridized carbons (Fsp3) is 0.471. The Hall–Kier alpha value is -2.02. The van der Waals surface area contributed by atoms with Gasteiger partial charge in [-0.2, -0.15) is 0 Å². The molecule has 0 heterocycles. The highest BCUT2D eigenvalue weighted by atomic mass is 32.2. The fourth-order valence-corrected chi connectivity index (χ4v) is 3.22. The third-order valence-corrected chi connectivity index (χ3v) is 4.41. The second-order valence-electron chi connectivity index (χ2n) is 5.43. The third-order valence-electron chi connectivity index (χ3n) is 3.07. The second-order valence-corrected chi connectivity index (χ2v) is 7.44. The number of rotatable bonds is 9. The van der Waals surface area contributed by atoms with Crippen LogP contribution in [0.5, 0.6) is 11.5 Å². The van der Waals surface area contributed by atoms with E-state index in [4.69, 9.17) is 9.47 Å². The van der Waals surface area contributed by atoms with Crippen molar-refractivity contribution >= 4 is 15.5 Å². The molecule has 0 saturated carbocycles. The molecule has 0 spiro atoms. The molecule has 134 valence electrons. The van der Waals surface area contributed by atoms with Crippen molar-refractivity contribution in [2.45, 2.75) is 27.7 Å². The van der Waals surface area contributed by atoms with Crippen LogP contribution in [-0.2, 0) is 14.7 Å². The number of aryl methyl sites for hydroxylation is 2. The molecule has 0 aromatic heterocycles. The Bertz CT molecular complexity index is 685. The maximum atomic E-state index is 12.1. The second kappa shape index (κ2) is 9.32. The van der Waals surface area contributed by atoms with E-state index >= 15 is 0 Å². The summed E-state index contributed by atoms with van der Waals surface area (Å²) in [5.74, 6) is 0.660. The summed E-state index contributed by atoms with van der Waals surface area (Å²) >= 11 is 0.